The molecule has 1 aromatic rings. The van der Waals surface area contributed by atoms with Gasteiger partial charge in [0.1, 0.15) is 0 Å². The molecule has 0 saturated carbocycles. The van der Waals surface area contributed by atoms with E-state index >= 15 is 0 Å². The van der Waals surface area contributed by atoms with Crippen molar-refractivity contribution in [1.29, 1.82) is 0 Å². The molecule has 0 N–H and O–H groups in total. The van der Waals surface area contributed by atoms with E-state index in [4.69, 9.17) is 4.74 Å². The lowest BCUT2D eigenvalue weighted by atomic mass is 10.2. The number of hydrogen-bond acceptors (Lipinski definition) is 5. The molecule has 1 aliphatic heterocycles. The van der Waals surface area contributed by atoms with Gasteiger partial charge in [-0.3, -0.25) is 10.1 Å². The molecular weight excluding hydrogens is 284 g/mol. The van der Waals surface area contributed by atoms with Crippen LogP contribution in [0.2, 0.25) is 0 Å². The minimum absolute atomic E-state index is 0.0487. The topological polar surface area (TPSA) is 89.8 Å². The maximum Gasteiger partial charge on any atom is 0.312 e. The normalized spacial score (nSPS) is 16.9. The second-order valence-electron chi connectivity index (χ2n) is 4.56. The molecule has 0 aliphatic carbocycles. The summed E-state index contributed by atoms with van der Waals surface area (Å²) >= 11 is 0. The molecule has 1 fully saturated rings. The Morgan fingerprint density at radius 3 is 2.45 bits per heavy atom. The Bertz CT molecular complexity index is 608. The first-order valence-corrected chi connectivity index (χ1v) is 7.73. The molecule has 7 nitrogen and oxygen atoms in total. The number of rotatable bonds is 4. The zero-order chi connectivity index (χ0) is 14.8. The van der Waals surface area contributed by atoms with E-state index in [1.807, 2.05) is 0 Å². The predicted molar refractivity (Wildman–Crippen MR) is 72.3 cm³/mol. The zero-order valence-corrected chi connectivity index (χ0v) is 11.9. The van der Waals surface area contributed by atoms with E-state index in [0.717, 1.165) is 25.3 Å². The summed E-state index contributed by atoms with van der Waals surface area (Å²) in [5.74, 6) is 0.0487. The number of nitro groups is 1. The lowest BCUT2D eigenvalue weighted by Crippen LogP contribution is -2.35. The summed E-state index contributed by atoms with van der Waals surface area (Å²) in [6.07, 6.45) is 2.64. The average Bonchev–Trinajstić information content (AvgIpc) is 2.47. The van der Waals surface area contributed by atoms with Gasteiger partial charge in [0, 0.05) is 19.2 Å². The van der Waals surface area contributed by atoms with Crippen molar-refractivity contribution >= 4 is 15.7 Å². The molecule has 0 amide bonds. The first-order chi connectivity index (χ1) is 9.46. The van der Waals surface area contributed by atoms with Crippen molar-refractivity contribution in [2.45, 2.75) is 24.2 Å². The second kappa shape index (κ2) is 5.76. The lowest BCUT2D eigenvalue weighted by molar-refractivity contribution is -0.386. The van der Waals surface area contributed by atoms with E-state index < -0.39 is 14.9 Å². The molecule has 0 radical (unpaired) electrons. The molecule has 1 heterocycles. The van der Waals surface area contributed by atoms with Gasteiger partial charge in [-0.15, -0.1) is 0 Å². The third kappa shape index (κ3) is 2.75. The lowest BCUT2D eigenvalue weighted by Gasteiger charge is -2.25. The maximum atomic E-state index is 12.4. The molecule has 1 saturated heterocycles. The number of nitrogens with zero attached hydrogens (tertiary/aromatic N) is 2. The largest absolute Gasteiger partial charge is 0.490 e. The predicted octanol–water partition coefficient (Wildman–Crippen LogP) is 1.78. The van der Waals surface area contributed by atoms with E-state index in [-0.39, 0.29) is 16.3 Å². The van der Waals surface area contributed by atoms with Gasteiger partial charge in [-0.2, -0.15) is 4.31 Å². The van der Waals surface area contributed by atoms with Gasteiger partial charge in [-0.1, -0.05) is 6.42 Å². The highest BCUT2D eigenvalue weighted by Gasteiger charge is 2.28. The summed E-state index contributed by atoms with van der Waals surface area (Å²) < 4.78 is 31.1. The number of benzene rings is 1. The number of methoxy groups -OCH3 is 1. The van der Waals surface area contributed by atoms with Crippen LogP contribution in [0, 0.1) is 10.1 Å². The van der Waals surface area contributed by atoms with Crippen molar-refractivity contribution in [3.63, 3.8) is 0 Å². The molecular formula is C12H16N2O5S. The van der Waals surface area contributed by atoms with Crippen molar-refractivity contribution in [1.82, 2.24) is 4.31 Å². The van der Waals surface area contributed by atoms with Gasteiger partial charge in [-0.25, -0.2) is 8.42 Å². The molecule has 1 aliphatic rings. The SMILES string of the molecule is COc1ccc(S(=O)(=O)N2CCCCC2)cc1[N+](=O)[O-]. The van der Waals surface area contributed by atoms with E-state index in [1.165, 1.54) is 23.5 Å². The third-order valence-electron chi connectivity index (χ3n) is 3.30. The molecule has 20 heavy (non-hydrogen) atoms. The number of sulfonamides is 1. The Labute approximate surface area is 117 Å². The number of ether oxygens (including phenoxy) is 1. The zero-order valence-electron chi connectivity index (χ0n) is 11.1. The standard InChI is InChI=1S/C12H16N2O5S/c1-19-12-6-5-10(9-11(12)14(15)16)20(17,18)13-7-3-2-4-8-13/h5-6,9H,2-4,7-8H2,1H3. The Morgan fingerprint density at radius 1 is 1.25 bits per heavy atom. The summed E-state index contributed by atoms with van der Waals surface area (Å²) in [6, 6.07) is 3.72. The highest BCUT2D eigenvalue weighted by molar-refractivity contribution is 7.89. The molecule has 0 unspecified atom stereocenters. The van der Waals surface area contributed by atoms with E-state index in [9.17, 15) is 18.5 Å². The Morgan fingerprint density at radius 2 is 1.90 bits per heavy atom. The fraction of sp³-hybridized carbons (Fsp3) is 0.500. The van der Waals surface area contributed by atoms with Crippen LogP contribution in [0.5, 0.6) is 5.75 Å². The molecule has 110 valence electrons. The smallest absolute Gasteiger partial charge is 0.312 e. The molecule has 8 heteroatoms. The maximum absolute atomic E-state index is 12.4. The van der Waals surface area contributed by atoms with Crippen LogP contribution in [0.25, 0.3) is 0 Å². The summed E-state index contributed by atoms with van der Waals surface area (Å²) in [7, 11) is -2.36. The Kier molecular flexibility index (Phi) is 4.24. The molecule has 0 bridgehead atoms. The highest BCUT2D eigenvalue weighted by Crippen LogP contribution is 2.31. The monoisotopic (exact) mass is 300 g/mol. The summed E-state index contributed by atoms with van der Waals surface area (Å²) in [4.78, 5) is 10.2. The van der Waals surface area contributed by atoms with Crippen molar-refractivity contribution in [3.8, 4) is 5.75 Å². The minimum Gasteiger partial charge on any atom is -0.490 e. The molecule has 1 aromatic carbocycles. The van der Waals surface area contributed by atoms with Crippen LogP contribution in [0.1, 0.15) is 19.3 Å². The van der Waals surface area contributed by atoms with Gasteiger partial charge >= 0.3 is 5.69 Å². The van der Waals surface area contributed by atoms with E-state index in [2.05, 4.69) is 0 Å². The third-order valence-corrected chi connectivity index (χ3v) is 5.19. The van der Waals surface area contributed by atoms with Crippen LogP contribution >= 0.6 is 0 Å². The number of hydrogen-bond donors (Lipinski definition) is 0. The van der Waals surface area contributed by atoms with E-state index in [0.29, 0.717) is 13.1 Å². The molecule has 0 atom stereocenters. The van der Waals surface area contributed by atoms with Gasteiger partial charge in [0.05, 0.1) is 16.9 Å². The summed E-state index contributed by atoms with van der Waals surface area (Å²) in [5.41, 5.74) is -0.342. The Hall–Kier alpha value is -1.67. The van der Waals surface area contributed by atoms with Crippen LogP contribution < -0.4 is 4.74 Å². The first kappa shape index (κ1) is 14.7. The van der Waals surface area contributed by atoms with Crippen LogP contribution in [-0.4, -0.2) is 37.8 Å². The fourth-order valence-electron chi connectivity index (χ4n) is 2.23. The second-order valence-corrected chi connectivity index (χ2v) is 6.49. The van der Waals surface area contributed by atoms with E-state index in [1.54, 1.807) is 0 Å². The first-order valence-electron chi connectivity index (χ1n) is 6.29. The van der Waals surface area contributed by atoms with Gasteiger partial charge in [-0.05, 0) is 25.0 Å². The van der Waals surface area contributed by atoms with Gasteiger partial charge in [0.2, 0.25) is 10.0 Å². The van der Waals surface area contributed by atoms with Gasteiger partial charge in [0.15, 0.2) is 5.75 Å². The van der Waals surface area contributed by atoms with Crippen LogP contribution in [0.15, 0.2) is 23.1 Å². The quantitative estimate of drug-likeness (QED) is 0.624. The van der Waals surface area contributed by atoms with Crippen LogP contribution in [-0.2, 0) is 10.0 Å². The minimum atomic E-state index is -3.67. The number of nitro benzene ring substituents is 1. The van der Waals surface area contributed by atoms with Crippen LogP contribution in [0.4, 0.5) is 5.69 Å². The van der Waals surface area contributed by atoms with Gasteiger partial charge < -0.3 is 4.74 Å². The Balaban J connectivity index is 2.41. The van der Waals surface area contributed by atoms with Crippen molar-refractivity contribution in [3.05, 3.63) is 28.3 Å². The average molecular weight is 300 g/mol. The van der Waals surface area contributed by atoms with Gasteiger partial charge in [0.25, 0.3) is 0 Å². The highest BCUT2D eigenvalue weighted by atomic mass is 32.2. The molecule has 0 aromatic heterocycles. The van der Waals surface area contributed by atoms with Crippen molar-refractivity contribution < 1.29 is 18.1 Å². The van der Waals surface area contributed by atoms with Crippen molar-refractivity contribution in [2.75, 3.05) is 20.2 Å². The summed E-state index contributed by atoms with van der Waals surface area (Å²) in [6.45, 7) is 0.921. The molecule has 2 rings (SSSR count). The number of piperidine rings is 1. The van der Waals surface area contributed by atoms with Crippen LogP contribution in [0.3, 0.4) is 0 Å². The summed E-state index contributed by atoms with van der Waals surface area (Å²) in [5, 5.41) is 11.0. The molecule has 0 spiro atoms. The van der Waals surface area contributed by atoms with Crippen molar-refractivity contribution in [2.24, 2.45) is 0 Å². The fourth-order valence-corrected chi connectivity index (χ4v) is 3.76.